The number of benzene rings is 3. The van der Waals surface area contributed by atoms with Gasteiger partial charge < -0.3 is 9.88 Å². The highest BCUT2D eigenvalue weighted by Crippen LogP contribution is 2.33. The quantitative estimate of drug-likeness (QED) is 0.347. The molecule has 0 aliphatic heterocycles. The molecule has 0 fully saturated rings. The molecule has 3 aromatic carbocycles. The summed E-state index contributed by atoms with van der Waals surface area (Å²) >= 11 is 3.53. The number of nitrogens with one attached hydrogen (secondary N) is 2. The third-order valence-electron chi connectivity index (χ3n) is 5.27. The standard InChI is InChI=1S/C24H19BrN6O/c25-18-10-11-21(19(15-18)24-27-29-30-28-24)31-14-13-17-7-4-8-20(23(17)31)26-22(32)12-9-16-5-2-1-3-6-16/h1-8,10-11,13-15H,9,12H2,(H,26,32)(H,27,28,29,30). The van der Waals surface area contributed by atoms with Gasteiger partial charge in [-0.1, -0.05) is 58.4 Å². The normalized spacial score (nSPS) is 11.0. The molecule has 5 aromatic rings. The van der Waals surface area contributed by atoms with Crippen LogP contribution < -0.4 is 5.32 Å². The number of hydrogen-bond acceptors (Lipinski definition) is 4. The molecule has 5 rings (SSSR count). The van der Waals surface area contributed by atoms with Crippen LogP contribution in [0.4, 0.5) is 5.69 Å². The number of anilines is 1. The van der Waals surface area contributed by atoms with Crippen LogP contribution in [-0.2, 0) is 11.2 Å². The van der Waals surface area contributed by atoms with E-state index in [1.165, 1.54) is 0 Å². The highest BCUT2D eigenvalue weighted by molar-refractivity contribution is 9.10. The van der Waals surface area contributed by atoms with Gasteiger partial charge in [0.25, 0.3) is 0 Å². The van der Waals surface area contributed by atoms with Gasteiger partial charge >= 0.3 is 0 Å². The Morgan fingerprint density at radius 1 is 1.03 bits per heavy atom. The number of rotatable bonds is 6. The molecular weight excluding hydrogens is 468 g/mol. The van der Waals surface area contributed by atoms with Crippen LogP contribution in [0.25, 0.3) is 28.0 Å². The maximum absolute atomic E-state index is 12.7. The summed E-state index contributed by atoms with van der Waals surface area (Å²) in [6, 6.07) is 23.8. The van der Waals surface area contributed by atoms with Gasteiger partial charge in [-0.05, 0) is 47.5 Å². The Hall–Kier alpha value is -3.78. The van der Waals surface area contributed by atoms with Crippen LogP contribution in [0, 0.1) is 0 Å². The molecule has 2 aromatic heterocycles. The number of aryl methyl sites for hydroxylation is 1. The Morgan fingerprint density at radius 2 is 1.91 bits per heavy atom. The first kappa shape index (κ1) is 20.1. The molecule has 0 saturated heterocycles. The summed E-state index contributed by atoms with van der Waals surface area (Å²) < 4.78 is 2.95. The molecule has 1 amide bonds. The van der Waals surface area contributed by atoms with E-state index in [1.807, 2.05) is 83.6 Å². The van der Waals surface area contributed by atoms with E-state index in [1.54, 1.807) is 0 Å². The molecule has 0 saturated carbocycles. The number of nitrogens with zero attached hydrogens (tertiary/aromatic N) is 4. The molecule has 0 spiro atoms. The summed E-state index contributed by atoms with van der Waals surface area (Å²) in [5.41, 5.74) is 4.51. The van der Waals surface area contributed by atoms with Gasteiger partial charge in [0.2, 0.25) is 11.7 Å². The number of para-hydroxylation sites is 1. The van der Waals surface area contributed by atoms with Gasteiger partial charge in [0.1, 0.15) is 0 Å². The number of carbonyl (C=O) groups excluding carboxylic acids is 1. The van der Waals surface area contributed by atoms with Crippen molar-refractivity contribution in [3.63, 3.8) is 0 Å². The number of aromatic amines is 1. The van der Waals surface area contributed by atoms with Crippen molar-refractivity contribution in [3.05, 3.63) is 89.0 Å². The largest absolute Gasteiger partial charge is 0.324 e. The molecule has 0 aliphatic carbocycles. The first-order valence-corrected chi connectivity index (χ1v) is 11.0. The van der Waals surface area contributed by atoms with Crippen molar-refractivity contribution in [1.29, 1.82) is 0 Å². The predicted molar refractivity (Wildman–Crippen MR) is 128 cm³/mol. The lowest BCUT2D eigenvalue weighted by molar-refractivity contribution is -0.116. The molecule has 158 valence electrons. The zero-order valence-electron chi connectivity index (χ0n) is 17.0. The summed E-state index contributed by atoms with van der Waals surface area (Å²) in [5, 5.41) is 18.6. The van der Waals surface area contributed by atoms with E-state index in [-0.39, 0.29) is 5.91 Å². The van der Waals surface area contributed by atoms with E-state index in [0.29, 0.717) is 18.7 Å². The maximum Gasteiger partial charge on any atom is 0.224 e. The Morgan fingerprint density at radius 3 is 2.72 bits per heavy atom. The number of halogens is 1. The Labute approximate surface area is 192 Å². The fraction of sp³-hybridized carbons (Fsp3) is 0.0833. The summed E-state index contributed by atoms with van der Waals surface area (Å²) in [7, 11) is 0. The maximum atomic E-state index is 12.7. The molecule has 8 heteroatoms. The highest BCUT2D eigenvalue weighted by atomic mass is 79.9. The second kappa shape index (κ2) is 8.76. The van der Waals surface area contributed by atoms with Crippen LogP contribution in [0.5, 0.6) is 0 Å². The van der Waals surface area contributed by atoms with Gasteiger partial charge in [-0.15, -0.1) is 10.2 Å². The fourth-order valence-electron chi connectivity index (χ4n) is 3.78. The van der Waals surface area contributed by atoms with Crippen molar-refractivity contribution in [2.45, 2.75) is 12.8 Å². The van der Waals surface area contributed by atoms with E-state index in [4.69, 9.17) is 0 Å². The first-order valence-electron chi connectivity index (χ1n) is 10.2. The second-order valence-corrected chi connectivity index (χ2v) is 8.28. The van der Waals surface area contributed by atoms with Gasteiger partial charge in [-0.3, -0.25) is 4.79 Å². The lowest BCUT2D eigenvalue weighted by Crippen LogP contribution is -2.13. The molecule has 32 heavy (non-hydrogen) atoms. The molecule has 7 nitrogen and oxygen atoms in total. The molecule has 0 unspecified atom stereocenters. The third kappa shape index (κ3) is 4.04. The SMILES string of the molecule is O=C(CCc1ccccc1)Nc1cccc2ccn(-c3ccc(Br)cc3-c3nn[nH]n3)c12. The lowest BCUT2D eigenvalue weighted by atomic mass is 10.1. The summed E-state index contributed by atoms with van der Waals surface area (Å²) in [6.45, 7) is 0. The number of tetrazole rings is 1. The molecule has 0 bridgehead atoms. The molecule has 2 heterocycles. The van der Waals surface area contributed by atoms with Crippen LogP contribution in [0.1, 0.15) is 12.0 Å². The minimum Gasteiger partial charge on any atom is -0.324 e. The fourth-order valence-corrected chi connectivity index (χ4v) is 4.15. The van der Waals surface area contributed by atoms with Gasteiger partial charge in [0, 0.05) is 28.0 Å². The Kier molecular flexibility index (Phi) is 5.51. The minimum atomic E-state index is -0.0247. The van der Waals surface area contributed by atoms with E-state index < -0.39 is 0 Å². The zero-order chi connectivity index (χ0) is 21.9. The number of carbonyl (C=O) groups is 1. The molecule has 2 N–H and O–H groups in total. The van der Waals surface area contributed by atoms with Gasteiger partial charge in [0.05, 0.1) is 16.9 Å². The van der Waals surface area contributed by atoms with Crippen LogP contribution >= 0.6 is 15.9 Å². The average molecular weight is 487 g/mol. The lowest BCUT2D eigenvalue weighted by Gasteiger charge is -2.14. The van der Waals surface area contributed by atoms with Crippen molar-refractivity contribution < 1.29 is 4.79 Å². The summed E-state index contributed by atoms with van der Waals surface area (Å²) in [6.07, 6.45) is 3.09. The average Bonchev–Trinajstić information content (AvgIpc) is 3.49. The third-order valence-corrected chi connectivity index (χ3v) is 5.77. The predicted octanol–water partition coefficient (Wildman–Crippen LogP) is 5.14. The summed E-state index contributed by atoms with van der Waals surface area (Å²) in [4.78, 5) is 12.7. The smallest absolute Gasteiger partial charge is 0.224 e. The van der Waals surface area contributed by atoms with E-state index >= 15 is 0 Å². The Bertz CT molecular complexity index is 1380. The van der Waals surface area contributed by atoms with Gasteiger partial charge in [-0.2, -0.15) is 5.21 Å². The van der Waals surface area contributed by atoms with Crippen molar-refractivity contribution in [1.82, 2.24) is 25.2 Å². The highest BCUT2D eigenvalue weighted by Gasteiger charge is 2.16. The first-order chi connectivity index (χ1) is 15.7. The van der Waals surface area contributed by atoms with E-state index in [9.17, 15) is 4.79 Å². The zero-order valence-corrected chi connectivity index (χ0v) is 18.6. The van der Waals surface area contributed by atoms with Crippen molar-refractivity contribution >= 4 is 38.4 Å². The minimum absolute atomic E-state index is 0.0247. The molecular formula is C24H19BrN6O. The van der Waals surface area contributed by atoms with Crippen LogP contribution in [-0.4, -0.2) is 31.1 Å². The number of aromatic nitrogens is 5. The van der Waals surface area contributed by atoms with Crippen molar-refractivity contribution in [3.8, 4) is 17.1 Å². The summed E-state index contributed by atoms with van der Waals surface area (Å²) in [5.74, 6) is 0.468. The molecule has 0 radical (unpaired) electrons. The van der Waals surface area contributed by atoms with Crippen LogP contribution in [0.3, 0.4) is 0 Å². The monoisotopic (exact) mass is 486 g/mol. The second-order valence-electron chi connectivity index (χ2n) is 7.36. The van der Waals surface area contributed by atoms with E-state index in [2.05, 4.69) is 41.9 Å². The topological polar surface area (TPSA) is 88.5 Å². The van der Waals surface area contributed by atoms with Gasteiger partial charge in [-0.25, -0.2) is 0 Å². The number of H-pyrrole nitrogens is 1. The molecule has 0 aliphatic rings. The van der Waals surface area contributed by atoms with Gasteiger partial charge in [0.15, 0.2) is 0 Å². The van der Waals surface area contributed by atoms with Crippen molar-refractivity contribution in [2.24, 2.45) is 0 Å². The van der Waals surface area contributed by atoms with Crippen LogP contribution in [0.2, 0.25) is 0 Å². The van der Waals surface area contributed by atoms with Crippen LogP contribution in [0.15, 0.2) is 83.5 Å². The Balaban J connectivity index is 1.50. The number of hydrogen-bond donors (Lipinski definition) is 2. The van der Waals surface area contributed by atoms with E-state index in [0.717, 1.165) is 37.9 Å². The molecule has 0 atom stereocenters. The number of fused-ring (bicyclic) bond motifs is 1. The van der Waals surface area contributed by atoms with Crippen molar-refractivity contribution in [2.75, 3.05) is 5.32 Å². The number of amides is 1.